The summed E-state index contributed by atoms with van der Waals surface area (Å²) in [6.45, 7) is 7.13. The van der Waals surface area contributed by atoms with Crippen LogP contribution in [0.3, 0.4) is 0 Å². The van der Waals surface area contributed by atoms with Crippen molar-refractivity contribution >= 4 is 84.2 Å². The van der Waals surface area contributed by atoms with Crippen LogP contribution in [0.4, 0.5) is 34.1 Å². The van der Waals surface area contributed by atoms with Gasteiger partial charge < -0.3 is 9.80 Å². The molecule has 2 nitrogen and oxygen atoms in total. The molecule has 0 N–H and O–H groups in total. The fourth-order valence-electron chi connectivity index (χ4n) is 9.76. The number of rotatable bonds is 4. The Morgan fingerprint density at radius 1 is 0.500 bits per heavy atom. The van der Waals surface area contributed by atoms with Gasteiger partial charge in [0, 0.05) is 16.8 Å². The van der Waals surface area contributed by atoms with Gasteiger partial charge in [-0.2, -0.15) is 0 Å². The van der Waals surface area contributed by atoms with Crippen molar-refractivity contribution in [2.45, 2.75) is 32.6 Å². The molecule has 0 radical (unpaired) electrons. The highest BCUT2D eigenvalue weighted by atomic mass is 15.3. The monoisotopic (exact) mass is 718 g/mol. The van der Waals surface area contributed by atoms with Gasteiger partial charge in [-0.25, -0.2) is 0 Å². The zero-order valence-corrected chi connectivity index (χ0v) is 32.0. The van der Waals surface area contributed by atoms with Crippen molar-refractivity contribution in [1.29, 1.82) is 0 Å². The minimum Gasteiger partial charge on any atom is -0.306 e. The molecule has 1 unspecified atom stereocenters. The summed E-state index contributed by atoms with van der Waals surface area (Å²) in [4.78, 5) is 4.81. The van der Waals surface area contributed by atoms with Crippen molar-refractivity contribution in [2.75, 3.05) is 9.80 Å². The Kier molecular flexibility index (Phi) is 7.28. The zero-order chi connectivity index (χ0) is 37.5. The summed E-state index contributed by atoms with van der Waals surface area (Å²) in [5.41, 5.74) is 15.3. The second-order valence-electron chi connectivity index (χ2n) is 16.3. The van der Waals surface area contributed by atoms with Crippen LogP contribution in [0.2, 0.25) is 0 Å². The maximum absolute atomic E-state index is 2.43. The minimum absolute atomic E-state index is 0.0552. The van der Waals surface area contributed by atoms with Crippen LogP contribution in [-0.2, 0) is 5.41 Å². The van der Waals surface area contributed by atoms with Crippen LogP contribution in [0.5, 0.6) is 0 Å². The molecule has 0 bridgehead atoms. The molecule has 11 rings (SSSR count). The van der Waals surface area contributed by atoms with Crippen LogP contribution in [0, 0.1) is 5.92 Å². The Hall–Kier alpha value is -6.64. The average Bonchev–Trinajstić information content (AvgIpc) is 3.46. The molecule has 1 heterocycles. The Balaban J connectivity index is 1.000. The fraction of sp³-hybridized carbons (Fsp3) is 0.111. The summed E-state index contributed by atoms with van der Waals surface area (Å²) in [7, 11) is 0. The van der Waals surface area contributed by atoms with Crippen LogP contribution in [0.15, 0.2) is 175 Å². The molecule has 2 aliphatic carbocycles. The SMILES string of the molecule is CC1C=CC2=C(C1)C(C)(C)c1cc(C=Cc3ccc4c5ccc(N6c7ccccc7N(c7ccccc7)c7ccccc76)cc5c5ccccc5c4c3)ccc12. The smallest absolute Gasteiger partial charge is 0.0703 e. The predicted octanol–water partition coefficient (Wildman–Crippen LogP) is 15.2. The van der Waals surface area contributed by atoms with E-state index in [1.165, 1.54) is 60.1 Å². The molecule has 268 valence electrons. The molecular formula is C54H42N2. The molecule has 8 aromatic rings. The quantitative estimate of drug-likeness (QED) is 0.132. The van der Waals surface area contributed by atoms with Gasteiger partial charge in [0.1, 0.15) is 0 Å². The highest BCUT2D eigenvalue weighted by Gasteiger charge is 2.38. The van der Waals surface area contributed by atoms with Crippen molar-refractivity contribution in [3.8, 4) is 0 Å². The Morgan fingerprint density at radius 3 is 1.68 bits per heavy atom. The average molecular weight is 719 g/mol. The lowest BCUT2D eigenvalue weighted by Crippen LogP contribution is -2.23. The molecule has 0 fully saturated rings. The van der Waals surface area contributed by atoms with Gasteiger partial charge in [0.2, 0.25) is 0 Å². The largest absolute Gasteiger partial charge is 0.306 e. The van der Waals surface area contributed by atoms with E-state index in [-0.39, 0.29) is 5.41 Å². The Labute approximate surface area is 329 Å². The lowest BCUT2D eigenvalue weighted by molar-refractivity contribution is 0.566. The normalized spacial score (nSPS) is 16.8. The summed E-state index contributed by atoms with van der Waals surface area (Å²) < 4.78 is 0. The molecule has 0 saturated heterocycles. The molecule has 8 aromatic carbocycles. The van der Waals surface area contributed by atoms with Crippen molar-refractivity contribution in [3.63, 3.8) is 0 Å². The van der Waals surface area contributed by atoms with Crippen LogP contribution < -0.4 is 9.80 Å². The third-order valence-electron chi connectivity index (χ3n) is 12.5. The van der Waals surface area contributed by atoms with Crippen molar-refractivity contribution in [3.05, 3.63) is 198 Å². The van der Waals surface area contributed by atoms with E-state index in [9.17, 15) is 0 Å². The summed E-state index contributed by atoms with van der Waals surface area (Å²) in [5, 5.41) is 7.62. The van der Waals surface area contributed by atoms with Crippen molar-refractivity contribution in [1.82, 2.24) is 0 Å². The maximum Gasteiger partial charge on any atom is 0.0703 e. The van der Waals surface area contributed by atoms with Crippen molar-refractivity contribution < 1.29 is 0 Å². The first-order valence-corrected chi connectivity index (χ1v) is 19.9. The number of benzene rings is 8. The zero-order valence-electron chi connectivity index (χ0n) is 32.0. The van der Waals surface area contributed by atoms with Gasteiger partial charge >= 0.3 is 0 Å². The molecule has 3 aliphatic rings. The van der Waals surface area contributed by atoms with Gasteiger partial charge in [-0.3, -0.25) is 0 Å². The first-order valence-electron chi connectivity index (χ1n) is 19.9. The van der Waals surface area contributed by atoms with Crippen LogP contribution >= 0.6 is 0 Å². The van der Waals surface area contributed by atoms with Gasteiger partial charge in [0.25, 0.3) is 0 Å². The van der Waals surface area contributed by atoms with E-state index >= 15 is 0 Å². The number of hydrogen-bond donors (Lipinski definition) is 0. The number of para-hydroxylation sites is 5. The molecule has 56 heavy (non-hydrogen) atoms. The van der Waals surface area contributed by atoms with Gasteiger partial charge in [0.15, 0.2) is 0 Å². The summed E-state index contributed by atoms with van der Waals surface area (Å²) in [6.07, 6.45) is 10.4. The molecule has 0 aromatic heterocycles. The third kappa shape index (κ3) is 4.95. The van der Waals surface area contributed by atoms with E-state index < -0.39 is 0 Å². The highest BCUT2D eigenvalue weighted by molar-refractivity contribution is 6.26. The first kappa shape index (κ1) is 32.8. The van der Waals surface area contributed by atoms with Gasteiger partial charge in [0.05, 0.1) is 22.7 Å². The van der Waals surface area contributed by atoms with E-state index in [1.807, 2.05) is 0 Å². The third-order valence-corrected chi connectivity index (χ3v) is 12.5. The molecule has 2 heteroatoms. The highest BCUT2D eigenvalue weighted by Crippen LogP contribution is 2.55. The van der Waals surface area contributed by atoms with E-state index in [0.29, 0.717) is 5.92 Å². The second-order valence-corrected chi connectivity index (χ2v) is 16.3. The van der Waals surface area contributed by atoms with Crippen molar-refractivity contribution in [2.24, 2.45) is 5.92 Å². The van der Waals surface area contributed by atoms with Crippen LogP contribution in [-0.4, -0.2) is 0 Å². The van der Waals surface area contributed by atoms with Gasteiger partial charge in [-0.1, -0.05) is 154 Å². The van der Waals surface area contributed by atoms with E-state index in [0.717, 1.165) is 40.5 Å². The molecule has 0 saturated carbocycles. The number of anilines is 6. The van der Waals surface area contributed by atoms with Gasteiger partial charge in [-0.05, 0) is 127 Å². The topological polar surface area (TPSA) is 6.48 Å². The van der Waals surface area contributed by atoms with E-state index in [2.05, 4.69) is 213 Å². The number of hydrogen-bond acceptors (Lipinski definition) is 2. The lowest BCUT2D eigenvalue weighted by atomic mass is 9.76. The van der Waals surface area contributed by atoms with Gasteiger partial charge in [-0.15, -0.1) is 0 Å². The molecule has 0 spiro atoms. The Bertz CT molecular complexity index is 2930. The molecule has 1 aliphatic heterocycles. The maximum atomic E-state index is 2.43. The van der Waals surface area contributed by atoms with Crippen LogP contribution in [0.25, 0.3) is 50.0 Å². The minimum atomic E-state index is 0.0552. The summed E-state index contributed by atoms with van der Waals surface area (Å²) >= 11 is 0. The van der Waals surface area contributed by atoms with Crippen LogP contribution in [0.1, 0.15) is 49.4 Å². The summed E-state index contributed by atoms with van der Waals surface area (Å²) in [5.74, 6) is 0.598. The number of nitrogens with zero attached hydrogens (tertiary/aromatic N) is 2. The summed E-state index contributed by atoms with van der Waals surface area (Å²) in [6, 6.07) is 58.2. The van der Waals surface area contributed by atoms with E-state index in [1.54, 1.807) is 5.57 Å². The fourth-order valence-corrected chi connectivity index (χ4v) is 9.76. The first-order chi connectivity index (χ1) is 27.4. The molecule has 0 amide bonds. The number of fused-ring (bicyclic) bond motifs is 10. The lowest BCUT2D eigenvalue weighted by Gasteiger charge is -2.40. The molecular weight excluding hydrogens is 677 g/mol. The van der Waals surface area contributed by atoms with E-state index in [4.69, 9.17) is 0 Å². The Morgan fingerprint density at radius 2 is 1.02 bits per heavy atom. The predicted molar refractivity (Wildman–Crippen MR) is 240 cm³/mol. The number of allylic oxidation sites excluding steroid dienone is 4. The second kappa shape index (κ2) is 12.4. The molecule has 1 atom stereocenters. The standard InChI is InChI=1S/C54H42N2/c1-35-21-27-44-45-29-25-37(33-49(45)54(2,3)48(44)31-35)23-22-36-24-28-42-43-30-26-39(34-47(43)41-16-8-7-15-40(41)46(42)32-36)56-52-19-11-9-17-50(52)55(38-13-5-4-6-14-38)51-18-10-12-20-53(51)56/h4-30,32-35H,31H2,1-3H3.